The van der Waals surface area contributed by atoms with Crippen molar-refractivity contribution in [3.05, 3.63) is 52.0 Å². The number of benzene rings is 1. The van der Waals surface area contributed by atoms with Gasteiger partial charge in [0.05, 0.1) is 0 Å². The maximum atomic E-state index is 14.0. The van der Waals surface area contributed by atoms with Crippen LogP contribution in [0.2, 0.25) is 0 Å². The van der Waals surface area contributed by atoms with E-state index in [1.54, 1.807) is 0 Å². The van der Waals surface area contributed by atoms with E-state index in [0.717, 1.165) is 12.3 Å². The minimum absolute atomic E-state index is 0.0632. The van der Waals surface area contributed by atoms with Crippen LogP contribution in [0.1, 0.15) is 16.5 Å². The summed E-state index contributed by atoms with van der Waals surface area (Å²) in [5, 5.41) is -1.59. The molecule has 0 bridgehead atoms. The van der Waals surface area contributed by atoms with Gasteiger partial charge in [0, 0.05) is 16.2 Å². The lowest BCUT2D eigenvalue weighted by Gasteiger charge is -2.14. The highest BCUT2D eigenvalue weighted by Gasteiger charge is 2.33. The maximum absolute atomic E-state index is 14.0. The zero-order chi connectivity index (χ0) is 17.2. The number of primary amides is 1. The largest absolute Gasteiger partial charge is 0.433 e. The highest BCUT2D eigenvalue weighted by Crippen LogP contribution is 2.36. The molecule has 0 aliphatic carbocycles. The standard InChI is InChI=1S/C13H8BrF4N3OS/c14-6-1-2-7(8(15)5-6)10(11(19)22)23-12-20-4-3-9(21-12)13(16,17)18/h1-5,10H,(H2,19,22)/t10-/m0/s1. The lowest BCUT2D eigenvalue weighted by Crippen LogP contribution is -2.20. The van der Waals surface area contributed by atoms with E-state index >= 15 is 0 Å². The number of thioether (sulfide) groups is 1. The highest BCUT2D eigenvalue weighted by atomic mass is 79.9. The molecule has 1 atom stereocenters. The van der Waals surface area contributed by atoms with Crippen molar-refractivity contribution in [2.75, 3.05) is 0 Å². The van der Waals surface area contributed by atoms with E-state index in [4.69, 9.17) is 5.73 Å². The Bertz CT molecular complexity index is 741. The Balaban J connectivity index is 2.36. The third-order valence-corrected chi connectivity index (χ3v) is 4.27. The molecule has 0 fully saturated rings. The van der Waals surface area contributed by atoms with Crippen molar-refractivity contribution in [2.24, 2.45) is 5.73 Å². The second kappa shape index (κ2) is 6.83. The molecule has 0 saturated carbocycles. The van der Waals surface area contributed by atoms with E-state index in [0.29, 0.717) is 22.3 Å². The van der Waals surface area contributed by atoms with Crippen molar-refractivity contribution in [2.45, 2.75) is 16.6 Å². The molecule has 1 aromatic heterocycles. The Morgan fingerprint density at radius 1 is 1.30 bits per heavy atom. The van der Waals surface area contributed by atoms with Gasteiger partial charge in [0.15, 0.2) is 5.16 Å². The average Bonchev–Trinajstić information content (AvgIpc) is 2.44. The summed E-state index contributed by atoms with van der Waals surface area (Å²) in [6.07, 6.45) is -3.74. The zero-order valence-corrected chi connectivity index (χ0v) is 13.5. The molecule has 0 unspecified atom stereocenters. The molecule has 2 N–H and O–H groups in total. The summed E-state index contributed by atoms with van der Waals surface area (Å²) in [6, 6.07) is 4.62. The monoisotopic (exact) mass is 409 g/mol. The number of hydrogen-bond acceptors (Lipinski definition) is 4. The van der Waals surface area contributed by atoms with Crippen molar-refractivity contribution in [3.63, 3.8) is 0 Å². The summed E-state index contributed by atoms with van der Waals surface area (Å²) in [7, 11) is 0. The number of amides is 1. The minimum Gasteiger partial charge on any atom is -0.368 e. The molecule has 0 spiro atoms. The molecule has 23 heavy (non-hydrogen) atoms. The number of aromatic nitrogens is 2. The minimum atomic E-state index is -4.65. The van der Waals surface area contributed by atoms with Crippen LogP contribution in [0.5, 0.6) is 0 Å². The predicted octanol–water partition coefficient (Wildman–Crippen LogP) is 3.72. The molecule has 0 aliphatic heterocycles. The number of carbonyl (C=O) groups is 1. The molecule has 122 valence electrons. The van der Waals surface area contributed by atoms with E-state index in [-0.39, 0.29) is 10.7 Å². The fourth-order valence-corrected chi connectivity index (χ4v) is 2.90. The number of hydrogen-bond donors (Lipinski definition) is 1. The summed E-state index contributed by atoms with van der Waals surface area (Å²) in [5.74, 6) is -1.64. The van der Waals surface area contributed by atoms with Crippen LogP contribution in [0.25, 0.3) is 0 Å². The Morgan fingerprint density at radius 3 is 2.57 bits per heavy atom. The first-order valence-electron chi connectivity index (χ1n) is 5.99. The van der Waals surface area contributed by atoms with E-state index in [1.807, 2.05) is 0 Å². The smallest absolute Gasteiger partial charge is 0.368 e. The van der Waals surface area contributed by atoms with Crippen LogP contribution < -0.4 is 5.73 Å². The molecule has 1 aromatic carbocycles. The van der Waals surface area contributed by atoms with Gasteiger partial charge in [0.1, 0.15) is 16.8 Å². The third-order valence-electron chi connectivity index (χ3n) is 2.65. The van der Waals surface area contributed by atoms with Crippen LogP contribution in [0.3, 0.4) is 0 Å². The zero-order valence-electron chi connectivity index (χ0n) is 11.1. The summed E-state index contributed by atoms with van der Waals surface area (Å²) in [6.45, 7) is 0. The fourth-order valence-electron chi connectivity index (χ4n) is 1.65. The Labute approximate surface area is 140 Å². The molecular formula is C13H8BrF4N3OS. The first-order valence-corrected chi connectivity index (χ1v) is 7.67. The van der Waals surface area contributed by atoms with Gasteiger partial charge < -0.3 is 5.73 Å². The molecule has 2 rings (SSSR count). The summed E-state index contributed by atoms with van der Waals surface area (Å²) < 4.78 is 52.3. The van der Waals surface area contributed by atoms with Crippen molar-refractivity contribution in [3.8, 4) is 0 Å². The second-order valence-electron chi connectivity index (χ2n) is 4.29. The van der Waals surface area contributed by atoms with Gasteiger partial charge in [-0.3, -0.25) is 4.79 Å². The molecular weight excluding hydrogens is 402 g/mol. The Kier molecular flexibility index (Phi) is 5.25. The van der Waals surface area contributed by atoms with Crippen molar-refractivity contribution in [1.82, 2.24) is 9.97 Å². The number of nitrogens with two attached hydrogens (primary N) is 1. The topological polar surface area (TPSA) is 68.9 Å². The Morgan fingerprint density at radius 2 is 2.00 bits per heavy atom. The number of rotatable bonds is 4. The van der Waals surface area contributed by atoms with Gasteiger partial charge in [0.25, 0.3) is 0 Å². The van der Waals surface area contributed by atoms with Crippen LogP contribution in [-0.4, -0.2) is 15.9 Å². The lowest BCUT2D eigenvalue weighted by atomic mass is 10.1. The van der Waals surface area contributed by atoms with Crippen molar-refractivity contribution >= 4 is 33.6 Å². The molecule has 1 amide bonds. The summed E-state index contributed by atoms with van der Waals surface area (Å²) in [5.41, 5.74) is 4.01. The number of halogens is 5. The van der Waals surface area contributed by atoms with Crippen LogP contribution in [0, 0.1) is 5.82 Å². The van der Waals surface area contributed by atoms with Crippen molar-refractivity contribution in [1.29, 1.82) is 0 Å². The second-order valence-corrected chi connectivity index (χ2v) is 6.28. The maximum Gasteiger partial charge on any atom is 0.433 e. The third kappa shape index (κ3) is 4.41. The van der Waals surface area contributed by atoms with Crippen LogP contribution in [-0.2, 0) is 11.0 Å². The Hall–Kier alpha value is -1.68. The van der Waals surface area contributed by atoms with Gasteiger partial charge in [-0.2, -0.15) is 13.2 Å². The number of carbonyl (C=O) groups excluding carboxylic acids is 1. The average molecular weight is 410 g/mol. The first kappa shape index (κ1) is 17.7. The number of alkyl halides is 3. The molecule has 1 heterocycles. The van der Waals surface area contributed by atoms with Gasteiger partial charge in [-0.15, -0.1) is 0 Å². The normalized spacial score (nSPS) is 12.9. The fraction of sp³-hybridized carbons (Fsp3) is 0.154. The van der Waals surface area contributed by atoms with Gasteiger partial charge in [-0.25, -0.2) is 14.4 Å². The van der Waals surface area contributed by atoms with Gasteiger partial charge in [-0.05, 0) is 18.2 Å². The van der Waals surface area contributed by atoms with E-state index in [2.05, 4.69) is 25.9 Å². The molecule has 10 heteroatoms. The van der Waals surface area contributed by atoms with Crippen molar-refractivity contribution < 1.29 is 22.4 Å². The quantitative estimate of drug-likeness (QED) is 0.474. The van der Waals surface area contributed by atoms with Crippen LogP contribution >= 0.6 is 27.7 Å². The lowest BCUT2D eigenvalue weighted by molar-refractivity contribution is -0.141. The van der Waals surface area contributed by atoms with E-state index in [9.17, 15) is 22.4 Å². The first-order chi connectivity index (χ1) is 10.7. The predicted molar refractivity (Wildman–Crippen MR) is 78.9 cm³/mol. The molecule has 0 saturated heterocycles. The summed E-state index contributed by atoms with van der Waals surface area (Å²) >= 11 is 3.62. The molecule has 2 aromatic rings. The van der Waals surface area contributed by atoms with Gasteiger partial charge in [-0.1, -0.05) is 33.8 Å². The number of nitrogens with zero attached hydrogens (tertiary/aromatic N) is 2. The summed E-state index contributed by atoms with van der Waals surface area (Å²) in [4.78, 5) is 18.6. The molecule has 0 radical (unpaired) electrons. The van der Waals surface area contributed by atoms with Gasteiger partial charge >= 0.3 is 6.18 Å². The molecule has 0 aliphatic rings. The van der Waals surface area contributed by atoms with Crippen LogP contribution in [0.4, 0.5) is 17.6 Å². The van der Waals surface area contributed by atoms with E-state index < -0.39 is 28.8 Å². The van der Waals surface area contributed by atoms with Gasteiger partial charge in [0.2, 0.25) is 5.91 Å². The van der Waals surface area contributed by atoms with E-state index in [1.165, 1.54) is 12.1 Å². The molecule has 4 nitrogen and oxygen atoms in total. The van der Waals surface area contributed by atoms with Crippen LogP contribution in [0.15, 0.2) is 40.1 Å². The SMILES string of the molecule is NC(=O)[C@@H](Sc1nccc(C(F)(F)F)n1)c1ccc(Br)cc1F. The highest BCUT2D eigenvalue weighted by molar-refractivity contribution is 9.10.